The Kier molecular flexibility index (Phi) is 9.62. The molecular weight excluding hydrogens is 551 g/mol. The van der Waals surface area contributed by atoms with Crippen molar-refractivity contribution in [3.05, 3.63) is 81.9 Å². The first-order valence-electron chi connectivity index (χ1n) is 13.9. The summed E-state index contributed by atoms with van der Waals surface area (Å²) in [5, 5.41) is 1.48. The maximum atomic E-state index is 13.1. The molecular formula is C32H35ClF2NO3P. The average Bonchev–Trinajstić information content (AvgIpc) is 3.33. The summed E-state index contributed by atoms with van der Waals surface area (Å²) >= 11 is 6.75. The van der Waals surface area contributed by atoms with Crippen molar-refractivity contribution >= 4 is 37.3 Å². The van der Waals surface area contributed by atoms with E-state index in [1.807, 2.05) is 31.2 Å². The highest BCUT2D eigenvalue weighted by Crippen LogP contribution is 2.42. The van der Waals surface area contributed by atoms with Crippen LogP contribution in [-0.4, -0.2) is 43.9 Å². The van der Waals surface area contributed by atoms with E-state index in [2.05, 4.69) is 37.3 Å². The van der Waals surface area contributed by atoms with Crippen molar-refractivity contribution in [2.24, 2.45) is 0 Å². The van der Waals surface area contributed by atoms with Gasteiger partial charge in [-0.15, -0.1) is 9.24 Å². The number of hydrogen-bond donors (Lipinski definition) is 0. The molecule has 0 radical (unpaired) electrons. The second kappa shape index (κ2) is 13.3. The van der Waals surface area contributed by atoms with Crippen LogP contribution in [0.25, 0.3) is 11.1 Å². The number of benzene rings is 3. The van der Waals surface area contributed by atoms with Gasteiger partial charge in [-0.1, -0.05) is 35.9 Å². The van der Waals surface area contributed by atoms with E-state index in [9.17, 15) is 8.92 Å². The number of alkyl halides is 1. The topological polar surface area (TPSA) is 30.9 Å². The minimum Gasteiger partial charge on any atom is -0.492 e. The normalized spacial score (nSPS) is 17.5. The van der Waals surface area contributed by atoms with Gasteiger partial charge in [-0.05, 0) is 108 Å². The average molecular weight is 586 g/mol. The summed E-state index contributed by atoms with van der Waals surface area (Å²) in [6.07, 6.45) is 4.14. The van der Waals surface area contributed by atoms with Crippen molar-refractivity contribution < 1.29 is 23.3 Å². The van der Waals surface area contributed by atoms with Crippen molar-refractivity contribution in [3.8, 4) is 17.2 Å². The molecule has 40 heavy (non-hydrogen) atoms. The molecule has 0 bridgehead atoms. The summed E-state index contributed by atoms with van der Waals surface area (Å²) in [7, 11) is 2.79. The monoisotopic (exact) mass is 585 g/mol. The van der Waals surface area contributed by atoms with Gasteiger partial charge in [-0.3, -0.25) is 14.2 Å². The van der Waals surface area contributed by atoms with Gasteiger partial charge in [0.1, 0.15) is 17.6 Å². The number of nitrogens with zero attached hydrogens (tertiary/aromatic N) is 1. The number of hydrogen-bond acceptors (Lipinski definition) is 4. The Hall–Kier alpha value is -2.66. The number of fused-ring (bicyclic) bond motifs is 1. The van der Waals surface area contributed by atoms with Gasteiger partial charge in [-0.25, -0.2) is 0 Å². The highest BCUT2D eigenvalue weighted by molar-refractivity contribution is 7.28. The Bertz CT molecular complexity index is 1370. The van der Waals surface area contributed by atoms with Gasteiger partial charge in [0.15, 0.2) is 5.75 Å². The number of allylic oxidation sites excluding steroid dienone is 1. The van der Waals surface area contributed by atoms with Crippen LogP contribution in [0.5, 0.6) is 17.2 Å². The Morgan fingerprint density at radius 3 is 2.55 bits per heavy atom. The molecule has 5 rings (SSSR count). The van der Waals surface area contributed by atoms with Crippen LogP contribution in [0.3, 0.4) is 0 Å². The predicted octanol–water partition coefficient (Wildman–Crippen LogP) is 7.61. The summed E-state index contributed by atoms with van der Waals surface area (Å²) in [5.74, 6) is 1.68. The molecule has 0 N–H and O–H groups in total. The maximum absolute atomic E-state index is 13.1. The SMILES string of the molecule is CCOc1ccc(C2=C(c3ccc(O[C@H]4CCN(CCCF)C4)cc3)c3ccc(OF)cc3CCC2)c(P)c1Cl. The molecule has 212 valence electrons. The summed E-state index contributed by atoms with van der Waals surface area (Å²) in [6, 6.07) is 17.6. The lowest BCUT2D eigenvalue weighted by molar-refractivity contribution is -0.00629. The zero-order valence-electron chi connectivity index (χ0n) is 22.7. The second-order valence-corrected chi connectivity index (χ2v) is 11.2. The molecule has 1 fully saturated rings. The lowest BCUT2D eigenvalue weighted by atomic mass is 9.87. The van der Waals surface area contributed by atoms with Gasteiger partial charge >= 0.3 is 0 Å². The molecule has 1 aliphatic heterocycles. The molecule has 1 unspecified atom stereocenters. The minimum absolute atomic E-state index is 0.101. The van der Waals surface area contributed by atoms with E-state index in [4.69, 9.17) is 21.1 Å². The zero-order valence-corrected chi connectivity index (χ0v) is 24.6. The summed E-state index contributed by atoms with van der Waals surface area (Å²) in [6.45, 7) is 4.71. The van der Waals surface area contributed by atoms with E-state index >= 15 is 0 Å². The Morgan fingerprint density at radius 1 is 1.02 bits per heavy atom. The van der Waals surface area contributed by atoms with Crippen molar-refractivity contribution in [3.63, 3.8) is 0 Å². The summed E-state index contributed by atoms with van der Waals surface area (Å²) < 4.78 is 37.7. The molecule has 0 saturated carbocycles. The molecule has 2 aliphatic rings. The standard InChI is InChI=1S/C32H35ClF2NO3P/c1-2-37-29-14-13-28(32(40)31(29)33)27-6-3-5-22-19-24(39-35)11-12-26(22)30(27)21-7-9-23(10-8-21)38-25-15-18-36(20-25)17-4-16-34/h7-14,19,25H,2-6,15-18,20,40H2,1H3/t25-/m0/s1. The Labute approximate surface area is 242 Å². The van der Waals surface area contributed by atoms with Gasteiger partial charge < -0.3 is 9.47 Å². The number of likely N-dealkylation sites (tertiary alicyclic amines) is 1. The predicted molar refractivity (Wildman–Crippen MR) is 162 cm³/mol. The Balaban J connectivity index is 1.52. The molecule has 3 aromatic rings. The van der Waals surface area contributed by atoms with Crippen molar-refractivity contribution in [2.75, 3.05) is 32.9 Å². The van der Waals surface area contributed by atoms with E-state index < -0.39 is 0 Å². The van der Waals surface area contributed by atoms with E-state index in [0.717, 1.165) is 84.2 Å². The highest BCUT2D eigenvalue weighted by atomic mass is 35.5. The number of aryl methyl sites for hydroxylation is 1. The van der Waals surface area contributed by atoms with Crippen molar-refractivity contribution in [2.45, 2.75) is 45.1 Å². The van der Waals surface area contributed by atoms with Gasteiger partial charge in [0.25, 0.3) is 0 Å². The molecule has 4 nitrogen and oxygen atoms in total. The first-order chi connectivity index (χ1) is 19.5. The first-order valence-corrected chi connectivity index (χ1v) is 14.9. The van der Waals surface area contributed by atoms with Crippen molar-refractivity contribution in [1.82, 2.24) is 4.90 Å². The van der Waals surface area contributed by atoms with Crippen LogP contribution in [-0.2, 0) is 6.42 Å². The third-order valence-corrected chi connectivity index (χ3v) is 8.83. The van der Waals surface area contributed by atoms with Crippen LogP contribution in [0.2, 0.25) is 5.02 Å². The third-order valence-electron chi connectivity index (χ3n) is 7.66. The number of halogens is 3. The van der Waals surface area contributed by atoms with Crippen LogP contribution >= 0.6 is 20.8 Å². The van der Waals surface area contributed by atoms with Crippen LogP contribution < -0.4 is 19.7 Å². The quantitative estimate of drug-likeness (QED) is 0.229. The van der Waals surface area contributed by atoms with Gasteiger partial charge in [-0.2, -0.15) is 0 Å². The van der Waals surface area contributed by atoms with E-state index in [-0.39, 0.29) is 18.5 Å². The second-order valence-electron chi connectivity index (χ2n) is 10.3. The molecule has 0 aromatic heterocycles. The van der Waals surface area contributed by atoms with Crippen LogP contribution in [0.4, 0.5) is 8.92 Å². The lowest BCUT2D eigenvalue weighted by Gasteiger charge is -2.20. The summed E-state index contributed by atoms with van der Waals surface area (Å²) in [4.78, 5) is 6.32. The fourth-order valence-corrected chi connectivity index (χ4v) is 6.42. The van der Waals surface area contributed by atoms with E-state index in [1.54, 1.807) is 12.1 Å². The molecule has 1 aliphatic carbocycles. The van der Waals surface area contributed by atoms with Crippen molar-refractivity contribution in [1.29, 1.82) is 0 Å². The highest BCUT2D eigenvalue weighted by Gasteiger charge is 2.25. The molecule has 1 saturated heterocycles. The maximum Gasteiger partial charge on any atom is 0.172 e. The zero-order chi connectivity index (χ0) is 28.1. The fraction of sp³-hybridized carbons (Fsp3) is 0.375. The van der Waals surface area contributed by atoms with Gasteiger partial charge in [0, 0.05) is 24.2 Å². The van der Waals surface area contributed by atoms with Gasteiger partial charge in [0.2, 0.25) is 0 Å². The fourth-order valence-electron chi connectivity index (χ4n) is 5.79. The minimum atomic E-state index is -0.284. The largest absolute Gasteiger partial charge is 0.492 e. The first kappa shape index (κ1) is 28.9. The number of ether oxygens (including phenoxy) is 2. The summed E-state index contributed by atoms with van der Waals surface area (Å²) in [5.41, 5.74) is 6.46. The van der Waals surface area contributed by atoms with Crippen LogP contribution in [0.1, 0.15) is 54.9 Å². The molecule has 2 atom stereocenters. The Morgan fingerprint density at radius 2 is 1.80 bits per heavy atom. The number of rotatable bonds is 10. The van der Waals surface area contributed by atoms with Crippen LogP contribution in [0.15, 0.2) is 54.6 Å². The lowest BCUT2D eigenvalue weighted by Crippen LogP contribution is -2.26. The molecule has 8 heteroatoms. The smallest absolute Gasteiger partial charge is 0.172 e. The molecule has 0 spiro atoms. The van der Waals surface area contributed by atoms with Gasteiger partial charge in [0.05, 0.1) is 18.3 Å². The molecule has 3 aromatic carbocycles. The molecule has 0 amide bonds. The third kappa shape index (κ3) is 6.30. The molecule has 1 heterocycles. The van der Waals surface area contributed by atoms with E-state index in [1.165, 1.54) is 5.57 Å². The van der Waals surface area contributed by atoms with Crippen LogP contribution in [0, 0.1) is 0 Å². The van der Waals surface area contributed by atoms with E-state index in [0.29, 0.717) is 23.8 Å².